The normalized spacial score (nSPS) is 12.7. The summed E-state index contributed by atoms with van der Waals surface area (Å²) in [5.74, 6) is 0.933. The zero-order chi connectivity index (χ0) is 14.8. The predicted octanol–water partition coefficient (Wildman–Crippen LogP) is 5.42. The quantitative estimate of drug-likeness (QED) is 0.695. The van der Waals surface area contributed by atoms with Gasteiger partial charge in [0, 0.05) is 5.39 Å². The summed E-state index contributed by atoms with van der Waals surface area (Å²) in [5, 5.41) is 4.96. The van der Waals surface area contributed by atoms with Crippen molar-refractivity contribution in [2.45, 2.75) is 19.4 Å². The van der Waals surface area contributed by atoms with Crippen LogP contribution in [0.5, 0.6) is 0 Å². The minimum Gasteiger partial charge on any atom is -0.458 e. The van der Waals surface area contributed by atoms with Crippen molar-refractivity contribution < 1.29 is 4.42 Å². The topological polar surface area (TPSA) is 25.2 Å². The van der Waals surface area contributed by atoms with Crippen LogP contribution in [0, 0.1) is 0 Å². The number of rotatable bonds is 4. The van der Waals surface area contributed by atoms with E-state index in [1.165, 1.54) is 0 Å². The maximum Gasteiger partial charge on any atom is 0.152 e. The third kappa shape index (κ3) is 2.69. The molecule has 0 fully saturated rings. The second kappa shape index (κ2) is 5.92. The van der Waals surface area contributed by atoms with E-state index in [9.17, 15) is 0 Å². The highest BCUT2D eigenvalue weighted by atomic mass is 35.5. The standard InChI is InChI=1S/C18H18ClNO/c1-3-16(20-2)17-11-14-9-13(10-15(19)18(14)21-17)12-7-5-4-6-8-12/h4-11,16,20H,3H2,1-2H3. The first-order chi connectivity index (χ1) is 10.2. The van der Waals surface area contributed by atoms with Crippen molar-refractivity contribution in [1.82, 2.24) is 5.32 Å². The second-order valence-corrected chi connectivity index (χ2v) is 5.55. The van der Waals surface area contributed by atoms with Crippen molar-refractivity contribution in [2.75, 3.05) is 7.05 Å². The molecule has 1 atom stereocenters. The summed E-state index contributed by atoms with van der Waals surface area (Å²) in [7, 11) is 1.94. The predicted molar refractivity (Wildman–Crippen MR) is 88.8 cm³/mol. The van der Waals surface area contributed by atoms with Crippen LogP contribution < -0.4 is 5.32 Å². The van der Waals surface area contributed by atoms with Crippen molar-refractivity contribution in [3.8, 4) is 11.1 Å². The van der Waals surface area contributed by atoms with Crippen LogP contribution in [0.1, 0.15) is 25.1 Å². The summed E-state index contributed by atoms with van der Waals surface area (Å²) < 4.78 is 5.94. The number of hydrogen-bond acceptors (Lipinski definition) is 2. The highest BCUT2D eigenvalue weighted by molar-refractivity contribution is 6.35. The van der Waals surface area contributed by atoms with Crippen LogP contribution in [-0.2, 0) is 0 Å². The molecule has 1 N–H and O–H groups in total. The smallest absolute Gasteiger partial charge is 0.152 e. The van der Waals surface area contributed by atoms with Gasteiger partial charge in [-0.1, -0.05) is 48.9 Å². The molecule has 3 heteroatoms. The highest BCUT2D eigenvalue weighted by Gasteiger charge is 2.15. The fourth-order valence-corrected chi connectivity index (χ4v) is 2.91. The second-order valence-electron chi connectivity index (χ2n) is 5.14. The van der Waals surface area contributed by atoms with E-state index in [1.807, 2.05) is 31.3 Å². The number of hydrogen-bond donors (Lipinski definition) is 1. The number of furan rings is 1. The Morgan fingerprint density at radius 3 is 2.52 bits per heavy atom. The Kier molecular flexibility index (Phi) is 4.00. The summed E-state index contributed by atoms with van der Waals surface area (Å²) >= 11 is 6.40. The number of benzene rings is 2. The van der Waals surface area contributed by atoms with Crippen LogP contribution in [0.25, 0.3) is 22.1 Å². The molecule has 1 aromatic heterocycles. The van der Waals surface area contributed by atoms with Gasteiger partial charge in [-0.3, -0.25) is 0 Å². The molecule has 0 aliphatic heterocycles. The van der Waals surface area contributed by atoms with Gasteiger partial charge in [-0.15, -0.1) is 0 Å². The Morgan fingerprint density at radius 2 is 1.86 bits per heavy atom. The Hall–Kier alpha value is -1.77. The first-order valence-corrected chi connectivity index (χ1v) is 7.56. The average Bonchev–Trinajstić information content (AvgIpc) is 2.94. The molecule has 3 rings (SSSR count). The van der Waals surface area contributed by atoms with Gasteiger partial charge >= 0.3 is 0 Å². The average molecular weight is 300 g/mol. The van der Waals surface area contributed by atoms with Gasteiger partial charge in [0.15, 0.2) is 5.58 Å². The van der Waals surface area contributed by atoms with Crippen LogP contribution in [0.2, 0.25) is 5.02 Å². The van der Waals surface area contributed by atoms with E-state index in [2.05, 4.69) is 36.5 Å². The van der Waals surface area contributed by atoms with Crippen LogP contribution >= 0.6 is 11.6 Å². The summed E-state index contributed by atoms with van der Waals surface area (Å²) in [6.45, 7) is 2.13. The lowest BCUT2D eigenvalue weighted by atomic mass is 10.0. The van der Waals surface area contributed by atoms with Crippen LogP contribution in [0.15, 0.2) is 52.9 Å². The van der Waals surface area contributed by atoms with E-state index in [0.717, 1.165) is 34.3 Å². The Balaban J connectivity index is 2.11. The highest BCUT2D eigenvalue weighted by Crippen LogP contribution is 2.34. The van der Waals surface area contributed by atoms with Crippen LogP contribution in [-0.4, -0.2) is 7.05 Å². The third-order valence-corrected chi connectivity index (χ3v) is 4.08. The molecule has 0 radical (unpaired) electrons. The number of fused-ring (bicyclic) bond motifs is 1. The molecule has 108 valence electrons. The maximum atomic E-state index is 6.40. The summed E-state index contributed by atoms with van der Waals surface area (Å²) in [6, 6.07) is 16.6. The lowest BCUT2D eigenvalue weighted by Crippen LogP contribution is -2.14. The summed E-state index contributed by atoms with van der Waals surface area (Å²) in [4.78, 5) is 0. The molecule has 0 saturated heterocycles. The van der Waals surface area contributed by atoms with Gasteiger partial charge in [0.1, 0.15) is 5.76 Å². The molecule has 0 bridgehead atoms. The van der Waals surface area contributed by atoms with E-state index in [0.29, 0.717) is 5.02 Å². The van der Waals surface area contributed by atoms with Crippen LogP contribution in [0.3, 0.4) is 0 Å². The Bertz CT molecular complexity index is 745. The molecule has 0 aliphatic carbocycles. The van der Waals surface area contributed by atoms with E-state index in [1.54, 1.807) is 0 Å². The monoisotopic (exact) mass is 299 g/mol. The van der Waals surface area contributed by atoms with Gasteiger partial charge in [0.05, 0.1) is 11.1 Å². The lowest BCUT2D eigenvalue weighted by molar-refractivity contribution is 0.444. The molecule has 3 aromatic rings. The molecule has 1 heterocycles. The Morgan fingerprint density at radius 1 is 1.10 bits per heavy atom. The molecule has 21 heavy (non-hydrogen) atoms. The summed E-state index contributed by atoms with van der Waals surface area (Å²) in [5.41, 5.74) is 3.03. The zero-order valence-corrected chi connectivity index (χ0v) is 12.9. The molecule has 2 nitrogen and oxygen atoms in total. The molecular weight excluding hydrogens is 282 g/mol. The SMILES string of the molecule is CCC(NC)c1cc2cc(-c3ccccc3)cc(Cl)c2o1. The van der Waals surface area contributed by atoms with E-state index < -0.39 is 0 Å². The van der Waals surface area contributed by atoms with Gasteiger partial charge in [-0.25, -0.2) is 0 Å². The summed E-state index contributed by atoms with van der Waals surface area (Å²) in [6.07, 6.45) is 0.972. The molecule has 0 aliphatic rings. The van der Waals surface area contributed by atoms with Crippen LogP contribution in [0.4, 0.5) is 0 Å². The largest absolute Gasteiger partial charge is 0.458 e. The van der Waals surface area contributed by atoms with Gasteiger partial charge in [-0.2, -0.15) is 0 Å². The lowest BCUT2D eigenvalue weighted by Gasteiger charge is -2.09. The van der Waals surface area contributed by atoms with Crippen molar-refractivity contribution >= 4 is 22.6 Å². The fourth-order valence-electron chi connectivity index (χ4n) is 2.65. The molecule has 1 unspecified atom stereocenters. The van der Waals surface area contributed by atoms with E-state index >= 15 is 0 Å². The minimum atomic E-state index is 0.216. The molecule has 0 amide bonds. The molecule has 0 spiro atoms. The Labute approximate surface area is 129 Å². The fraction of sp³-hybridized carbons (Fsp3) is 0.222. The van der Waals surface area contributed by atoms with Gasteiger partial charge in [0.2, 0.25) is 0 Å². The number of nitrogens with one attached hydrogen (secondary N) is 1. The third-order valence-electron chi connectivity index (χ3n) is 3.80. The molecular formula is C18H18ClNO. The first kappa shape index (κ1) is 14.2. The van der Waals surface area contributed by atoms with Gasteiger partial charge in [-0.05, 0) is 42.8 Å². The van der Waals surface area contributed by atoms with Gasteiger partial charge in [0.25, 0.3) is 0 Å². The minimum absolute atomic E-state index is 0.216. The van der Waals surface area contributed by atoms with Gasteiger partial charge < -0.3 is 9.73 Å². The zero-order valence-electron chi connectivity index (χ0n) is 12.2. The van der Waals surface area contributed by atoms with E-state index in [-0.39, 0.29) is 6.04 Å². The van der Waals surface area contributed by atoms with Crippen molar-refractivity contribution in [3.63, 3.8) is 0 Å². The maximum absolute atomic E-state index is 6.40. The van der Waals surface area contributed by atoms with Crippen molar-refractivity contribution in [3.05, 3.63) is 59.3 Å². The van der Waals surface area contributed by atoms with Crippen molar-refractivity contribution in [1.29, 1.82) is 0 Å². The van der Waals surface area contributed by atoms with E-state index in [4.69, 9.17) is 16.0 Å². The first-order valence-electron chi connectivity index (χ1n) is 7.18. The molecule has 2 aromatic carbocycles. The molecule has 0 saturated carbocycles. The number of halogens is 1. The van der Waals surface area contributed by atoms with Crippen molar-refractivity contribution in [2.24, 2.45) is 0 Å².